The second-order valence-electron chi connectivity index (χ2n) is 14.8. The predicted octanol–water partition coefficient (Wildman–Crippen LogP) is -4.84. The first kappa shape index (κ1) is 55.3. The molecule has 2 aliphatic heterocycles. The number of hydrogen-bond donors (Lipinski definition) is 10. The molecule has 0 aromatic rings. The average Bonchev–Trinajstić information content (AvgIpc) is 3.25. The molecular weight excluding hydrogens is 820 g/mol. The van der Waals surface area contributed by atoms with Crippen LogP contribution in [-0.2, 0) is 61.7 Å². The second-order valence-corrected chi connectivity index (χ2v) is 14.8. The number of amides is 2. The van der Waals surface area contributed by atoms with Crippen LogP contribution in [-0.4, -0.2) is 246 Å². The van der Waals surface area contributed by atoms with Gasteiger partial charge >= 0.3 is 0 Å². The summed E-state index contributed by atoms with van der Waals surface area (Å²) in [6.07, 6.45) is -12.3. The van der Waals surface area contributed by atoms with Crippen LogP contribution in [0, 0.1) is 5.41 Å². The Morgan fingerprint density at radius 3 is 1.23 bits per heavy atom. The normalized spacial score (nSPS) is 27.8. The smallest absolute Gasteiger partial charge is 0.222 e. The molecule has 10 N–H and O–H groups in total. The third-order valence-electron chi connectivity index (χ3n) is 9.24. The lowest BCUT2D eigenvalue weighted by molar-refractivity contribution is -0.302. The van der Waals surface area contributed by atoms with E-state index in [2.05, 4.69) is 10.6 Å². The molecule has 2 heterocycles. The Morgan fingerprint density at radius 2 is 0.852 bits per heavy atom. The monoisotopic (exact) mass is 892 g/mol. The molecule has 61 heavy (non-hydrogen) atoms. The number of hydrogen-bond acceptors (Lipinski definition) is 21. The van der Waals surface area contributed by atoms with E-state index in [1.165, 1.54) is 0 Å². The molecule has 2 saturated heterocycles. The predicted molar refractivity (Wildman–Crippen MR) is 209 cm³/mol. The van der Waals surface area contributed by atoms with Crippen molar-refractivity contribution in [3.63, 3.8) is 0 Å². The van der Waals surface area contributed by atoms with E-state index in [1.807, 2.05) is 13.8 Å². The van der Waals surface area contributed by atoms with Crippen LogP contribution in [0.5, 0.6) is 0 Å². The number of carbonyl (C=O) groups is 2. The number of carbonyl (C=O) groups excluding carboxylic acids is 2. The van der Waals surface area contributed by atoms with E-state index in [9.17, 15) is 50.4 Å². The zero-order chi connectivity index (χ0) is 44.9. The Labute approximate surface area is 356 Å². The summed E-state index contributed by atoms with van der Waals surface area (Å²) in [7, 11) is 0. The maximum absolute atomic E-state index is 12.3. The molecule has 2 rings (SSSR count). The van der Waals surface area contributed by atoms with Crippen molar-refractivity contribution in [2.75, 3.05) is 132 Å². The fourth-order valence-corrected chi connectivity index (χ4v) is 5.76. The molecule has 0 saturated carbocycles. The SMILES string of the molecule is CCCOCC(C)(COCCC(=O)NCCOCCOCCO[C@H]1OC(CO)[C@@H](O)C(O)C1O)COCCC(=O)NCCOCCOCCO[C@H]1OC(CO)[C@@H](O)C(O)C1O. The lowest BCUT2D eigenvalue weighted by Gasteiger charge is -2.39. The minimum absolute atomic E-state index is 0.0281. The maximum atomic E-state index is 12.3. The van der Waals surface area contributed by atoms with Crippen LogP contribution in [0.1, 0.15) is 33.1 Å². The summed E-state index contributed by atoms with van der Waals surface area (Å²) < 4.78 is 60.3. The van der Waals surface area contributed by atoms with Crippen molar-refractivity contribution in [1.29, 1.82) is 0 Å². The lowest BCUT2D eigenvalue weighted by Crippen LogP contribution is -2.59. The van der Waals surface area contributed by atoms with Gasteiger partial charge in [-0.25, -0.2) is 0 Å². The highest BCUT2D eigenvalue weighted by molar-refractivity contribution is 5.76. The zero-order valence-electron chi connectivity index (χ0n) is 35.4. The minimum atomic E-state index is -1.51. The van der Waals surface area contributed by atoms with Crippen LogP contribution in [0.3, 0.4) is 0 Å². The molecule has 2 aliphatic rings. The van der Waals surface area contributed by atoms with Gasteiger partial charge in [-0.05, 0) is 6.42 Å². The maximum Gasteiger partial charge on any atom is 0.222 e. The Balaban J connectivity index is 1.44. The summed E-state index contributed by atoms with van der Waals surface area (Å²) >= 11 is 0. The van der Waals surface area contributed by atoms with Crippen LogP contribution in [0.15, 0.2) is 0 Å². The molecule has 0 aromatic heterocycles. The van der Waals surface area contributed by atoms with E-state index in [0.717, 1.165) is 6.42 Å². The second kappa shape index (κ2) is 32.8. The van der Waals surface area contributed by atoms with Crippen molar-refractivity contribution in [2.45, 2.75) is 94.5 Å². The number of ether oxygens (including phenoxy) is 11. The molecule has 360 valence electrons. The Bertz CT molecular complexity index is 1050. The highest BCUT2D eigenvalue weighted by Crippen LogP contribution is 2.23. The molecule has 0 spiro atoms. The molecule has 0 aliphatic carbocycles. The van der Waals surface area contributed by atoms with E-state index in [1.54, 1.807) is 0 Å². The Morgan fingerprint density at radius 1 is 0.492 bits per heavy atom. The van der Waals surface area contributed by atoms with E-state index < -0.39 is 80.0 Å². The Kier molecular flexibility index (Phi) is 29.7. The van der Waals surface area contributed by atoms with Crippen molar-refractivity contribution >= 4 is 11.8 Å². The van der Waals surface area contributed by atoms with Gasteiger partial charge in [0.1, 0.15) is 48.8 Å². The molecule has 6 unspecified atom stereocenters. The topological polar surface area (TPSA) is 322 Å². The van der Waals surface area contributed by atoms with Crippen LogP contribution in [0.4, 0.5) is 0 Å². The van der Waals surface area contributed by atoms with Crippen molar-refractivity contribution < 1.29 is 103 Å². The van der Waals surface area contributed by atoms with Crippen LogP contribution >= 0.6 is 0 Å². The zero-order valence-corrected chi connectivity index (χ0v) is 35.4. The van der Waals surface area contributed by atoms with Crippen molar-refractivity contribution in [1.82, 2.24) is 10.6 Å². The number of nitrogens with one attached hydrogen (secondary N) is 2. The molecular formula is C38H72N2O21. The van der Waals surface area contributed by atoms with Gasteiger partial charge in [0.2, 0.25) is 11.8 Å². The molecule has 0 aromatic carbocycles. The van der Waals surface area contributed by atoms with E-state index >= 15 is 0 Å². The summed E-state index contributed by atoms with van der Waals surface area (Å²) in [5.74, 6) is -0.401. The van der Waals surface area contributed by atoms with Crippen molar-refractivity contribution in [3.8, 4) is 0 Å². The van der Waals surface area contributed by atoms with E-state index in [-0.39, 0.29) is 117 Å². The fourth-order valence-electron chi connectivity index (χ4n) is 5.76. The highest BCUT2D eigenvalue weighted by Gasteiger charge is 2.45. The van der Waals surface area contributed by atoms with Gasteiger partial charge in [0.15, 0.2) is 12.6 Å². The summed E-state index contributed by atoms with van der Waals surface area (Å²) in [6.45, 7) is 7.21. The first-order valence-corrected chi connectivity index (χ1v) is 20.8. The van der Waals surface area contributed by atoms with Gasteiger partial charge in [0.25, 0.3) is 0 Å². The van der Waals surface area contributed by atoms with Crippen LogP contribution < -0.4 is 10.6 Å². The summed E-state index contributed by atoms with van der Waals surface area (Å²) in [6, 6.07) is 0. The number of aliphatic hydroxyl groups is 8. The van der Waals surface area contributed by atoms with Gasteiger partial charge in [-0.1, -0.05) is 13.8 Å². The standard InChI is InChI=1S/C38H72N2O21/c1-3-8-55-23-38(2,24-56-9-4-28(43)39-6-11-51-13-15-53-17-19-58-36-34(49)32(47)30(45)26(21-41)60-36)25-57-10-5-29(44)40-7-12-52-14-16-54-18-20-59-37-35(50)33(48)31(46)27(22-42)61-37/h26-27,30-37,41-42,45-50H,3-25H2,1-2H3,(H,39,43)(H,40,44)/t26?,27?,30-,31-,32?,33?,34?,35?,36+,37+,38?/m1/s1. The Hall–Kier alpha value is -1.82. The van der Waals surface area contributed by atoms with Gasteiger partial charge in [-0.2, -0.15) is 0 Å². The molecule has 2 amide bonds. The third kappa shape index (κ3) is 22.6. The minimum Gasteiger partial charge on any atom is -0.394 e. The van der Waals surface area contributed by atoms with Crippen molar-refractivity contribution in [3.05, 3.63) is 0 Å². The first-order valence-electron chi connectivity index (χ1n) is 20.8. The lowest BCUT2D eigenvalue weighted by atomic mass is 9.94. The van der Waals surface area contributed by atoms with Gasteiger partial charge in [-0.3, -0.25) is 9.59 Å². The summed E-state index contributed by atoms with van der Waals surface area (Å²) in [5, 5.41) is 83.1. The fraction of sp³-hybridized carbons (Fsp3) is 0.947. The van der Waals surface area contributed by atoms with Gasteiger partial charge in [0.05, 0.1) is 112 Å². The van der Waals surface area contributed by atoms with Crippen LogP contribution in [0.25, 0.3) is 0 Å². The first-order chi connectivity index (χ1) is 29.4. The highest BCUT2D eigenvalue weighted by atomic mass is 16.7. The average molecular weight is 893 g/mol. The van der Waals surface area contributed by atoms with E-state index in [0.29, 0.717) is 26.3 Å². The van der Waals surface area contributed by atoms with Crippen molar-refractivity contribution in [2.24, 2.45) is 5.41 Å². The molecule has 23 heteroatoms. The summed E-state index contributed by atoms with van der Waals surface area (Å²) in [5.41, 5.74) is -0.508. The molecule has 0 radical (unpaired) electrons. The molecule has 23 nitrogen and oxygen atoms in total. The largest absolute Gasteiger partial charge is 0.394 e. The molecule has 2 fully saturated rings. The quantitative estimate of drug-likeness (QED) is 0.0264. The van der Waals surface area contributed by atoms with Gasteiger partial charge in [-0.15, -0.1) is 0 Å². The summed E-state index contributed by atoms with van der Waals surface area (Å²) in [4.78, 5) is 24.5. The van der Waals surface area contributed by atoms with Gasteiger partial charge in [0, 0.05) is 38.0 Å². The number of rotatable bonds is 36. The third-order valence-corrected chi connectivity index (χ3v) is 9.24. The molecule has 10 atom stereocenters. The van der Waals surface area contributed by atoms with Crippen LogP contribution in [0.2, 0.25) is 0 Å². The number of aliphatic hydroxyl groups excluding tert-OH is 8. The van der Waals surface area contributed by atoms with E-state index in [4.69, 9.17) is 52.1 Å². The molecule has 0 bridgehead atoms. The van der Waals surface area contributed by atoms with Gasteiger partial charge < -0.3 is 104 Å².